The highest BCUT2D eigenvalue weighted by molar-refractivity contribution is 7.99. The van der Waals surface area contributed by atoms with Crippen LogP contribution in [0.4, 0.5) is 0 Å². The quantitative estimate of drug-likeness (QED) is 0.526. The summed E-state index contributed by atoms with van der Waals surface area (Å²) in [6, 6.07) is 21.0. The normalized spacial score (nSPS) is 22.5. The fraction of sp³-hybridized carbons (Fsp3) is 0.360. The number of aliphatic hydroxyl groups excluding tert-OH is 1. The summed E-state index contributed by atoms with van der Waals surface area (Å²) in [7, 11) is 0. The smallest absolute Gasteiger partial charge is 0.0830 e. The number of aliphatic hydroxyl groups is 1. The number of benzene rings is 2. The Morgan fingerprint density at radius 2 is 1.43 bits per heavy atom. The van der Waals surface area contributed by atoms with Crippen LogP contribution in [-0.4, -0.2) is 22.7 Å². The van der Waals surface area contributed by atoms with Crippen molar-refractivity contribution in [3.05, 3.63) is 84.0 Å². The Labute approximate surface area is 178 Å². The van der Waals surface area contributed by atoms with Gasteiger partial charge in [-0.05, 0) is 47.8 Å². The SMILES string of the molecule is CC1=CC(O)C(CSc2ccccc2)(C(C)(C)C)C=C1CSc1ccccc1. The Kier molecular flexibility index (Phi) is 6.80. The first-order valence-electron chi connectivity index (χ1n) is 9.76. The van der Waals surface area contributed by atoms with Gasteiger partial charge in [-0.15, -0.1) is 23.5 Å². The minimum atomic E-state index is -0.478. The minimum absolute atomic E-state index is 0.0614. The van der Waals surface area contributed by atoms with Crippen molar-refractivity contribution >= 4 is 23.5 Å². The van der Waals surface area contributed by atoms with Crippen molar-refractivity contribution in [2.45, 2.75) is 43.6 Å². The van der Waals surface area contributed by atoms with Gasteiger partial charge in [0.2, 0.25) is 0 Å². The molecule has 0 aliphatic heterocycles. The van der Waals surface area contributed by atoms with Crippen LogP contribution < -0.4 is 0 Å². The molecule has 0 fully saturated rings. The molecule has 0 amide bonds. The molecule has 148 valence electrons. The van der Waals surface area contributed by atoms with Crippen molar-refractivity contribution < 1.29 is 5.11 Å². The van der Waals surface area contributed by atoms with Crippen LogP contribution >= 0.6 is 23.5 Å². The summed E-state index contributed by atoms with van der Waals surface area (Å²) in [6.45, 7) is 8.86. The van der Waals surface area contributed by atoms with E-state index in [4.69, 9.17) is 0 Å². The molecular formula is C25H30OS2. The molecule has 1 aliphatic carbocycles. The van der Waals surface area contributed by atoms with Gasteiger partial charge in [0.1, 0.15) is 0 Å². The zero-order valence-electron chi connectivity index (χ0n) is 17.2. The second-order valence-electron chi connectivity index (χ2n) is 8.46. The molecule has 0 saturated heterocycles. The topological polar surface area (TPSA) is 20.2 Å². The van der Waals surface area contributed by atoms with Gasteiger partial charge in [-0.1, -0.05) is 69.3 Å². The maximum absolute atomic E-state index is 11.2. The molecule has 1 aliphatic rings. The molecule has 0 aromatic heterocycles. The first kappa shape index (κ1) is 21.3. The van der Waals surface area contributed by atoms with Crippen molar-refractivity contribution in [3.63, 3.8) is 0 Å². The summed E-state index contributed by atoms with van der Waals surface area (Å²) in [6.07, 6.45) is 3.96. The lowest BCUT2D eigenvalue weighted by Crippen LogP contribution is -2.47. The standard InChI is InChI=1S/C25H30OS2/c1-19-15-23(26)25(24(2,3)4,18-28-22-13-9-6-10-14-22)16-20(19)17-27-21-11-7-5-8-12-21/h5-16,23,26H,17-18H2,1-4H3. The third-order valence-electron chi connectivity index (χ3n) is 5.63. The van der Waals surface area contributed by atoms with E-state index in [9.17, 15) is 5.11 Å². The Bertz CT molecular complexity index is 834. The van der Waals surface area contributed by atoms with Gasteiger partial charge in [0.15, 0.2) is 0 Å². The Balaban J connectivity index is 1.87. The lowest BCUT2D eigenvalue weighted by atomic mass is 9.61. The molecule has 0 bridgehead atoms. The maximum Gasteiger partial charge on any atom is 0.0830 e. The van der Waals surface area contributed by atoms with Crippen LogP contribution in [0.1, 0.15) is 27.7 Å². The van der Waals surface area contributed by atoms with Gasteiger partial charge in [0.25, 0.3) is 0 Å². The molecular weight excluding hydrogens is 380 g/mol. The number of hydrogen-bond acceptors (Lipinski definition) is 3. The summed E-state index contributed by atoms with van der Waals surface area (Å²) in [5.74, 6) is 1.78. The van der Waals surface area contributed by atoms with E-state index in [0.29, 0.717) is 0 Å². The van der Waals surface area contributed by atoms with Crippen LogP contribution in [-0.2, 0) is 0 Å². The minimum Gasteiger partial charge on any atom is -0.388 e. The van der Waals surface area contributed by atoms with E-state index in [1.54, 1.807) is 0 Å². The Morgan fingerprint density at radius 1 is 0.893 bits per heavy atom. The Hall–Kier alpha value is -1.42. The van der Waals surface area contributed by atoms with Crippen LogP contribution in [0, 0.1) is 10.8 Å². The molecule has 0 spiro atoms. The van der Waals surface area contributed by atoms with E-state index in [-0.39, 0.29) is 10.8 Å². The van der Waals surface area contributed by atoms with Crippen LogP contribution in [0.3, 0.4) is 0 Å². The lowest BCUT2D eigenvalue weighted by molar-refractivity contribution is 0.0278. The van der Waals surface area contributed by atoms with Crippen molar-refractivity contribution in [1.82, 2.24) is 0 Å². The highest BCUT2D eigenvalue weighted by Crippen LogP contribution is 2.50. The second-order valence-corrected chi connectivity index (χ2v) is 10.6. The third-order valence-corrected chi connectivity index (χ3v) is 7.92. The highest BCUT2D eigenvalue weighted by Gasteiger charge is 2.47. The van der Waals surface area contributed by atoms with E-state index in [1.165, 1.54) is 20.9 Å². The zero-order valence-corrected chi connectivity index (χ0v) is 18.8. The monoisotopic (exact) mass is 410 g/mol. The predicted molar refractivity (Wildman–Crippen MR) is 124 cm³/mol. The third kappa shape index (κ3) is 4.76. The number of allylic oxidation sites excluding steroid dienone is 1. The van der Waals surface area contributed by atoms with Crippen molar-refractivity contribution in [3.8, 4) is 0 Å². The van der Waals surface area contributed by atoms with Crippen LogP contribution in [0.2, 0.25) is 0 Å². The number of thioether (sulfide) groups is 2. The molecule has 0 heterocycles. The van der Waals surface area contributed by atoms with Crippen molar-refractivity contribution in [1.29, 1.82) is 0 Å². The predicted octanol–water partition coefficient (Wildman–Crippen LogP) is 6.85. The largest absolute Gasteiger partial charge is 0.388 e. The maximum atomic E-state index is 11.2. The van der Waals surface area contributed by atoms with Gasteiger partial charge in [-0.25, -0.2) is 0 Å². The summed E-state index contributed by atoms with van der Waals surface area (Å²) in [5.41, 5.74) is 2.16. The zero-order chi connectivity index (χ0) is 20.2. The van der Waals surface area contributed by atoms with E-state index in [0.717, 1.165) is 11.5 Å². The van der Waals surface area contributed by atoms with Gasteiger partial charge < -0.3 is 5.11 Å². The fourth-order valence-corrected chi connectivity index (χ4v) is 5.98. The van der Waals surface area contributed by atoms with Gasteiger partial charge >= 0.3 is 0 Å². The highest BCUT2D eigenvalue weighted by atomic mass is 32.2. The molecule has 1 N–H and O–H groups in total. The van der Waals surface area contributed by atoms with Gasteiger partial charge in [0, 0.05) is 26.7 Å². The molecule has 28 heavy (non-hydrogen) atoms. The number of hydrogen-bond donors (Lipinski definition) is 1. The first-order chi connectivity index (χ1) is 13.3. The summed E-state index contributed by atoms with van der Waals surface area (Å²) in [5, 5.41) is 11.2. The van der Waals surface area contributed by atoms with Crippen LogP contribution in [0.25, 0.3) is 0 Å². The van der Waals surface area contributed by atoms with E-state index in [1.807, 2.05) is 29.6 Å². The molecule has 1 nitrogen and oxygen atoms in total. The summed E-state index contributed by atoms with van der Waals surface area (Å²) < 4.78 is 0. The van der Waals surface area contributed by atoms with Gasteiger partial charge in [0.05, 0.1) is 6.10 Å². The van der Waals surface area contributed by atoms with E-state index in [2.05, 4.69) is 94.4 Å². The average molecular weight is 411 g/mol. The molecule has 2 unspecified atom stereocenters. The molecule has 3 rings (SSSR count). The number of rotatable bonds is 6. The average Bonchev–Trinajstić information content (AvgIpc) is 2.67. The van der Waals surface area contributed by atoms with E-state index >= 15 is 0 Å². The van der Waals surface area contributed by atoms with E-state index < -0.39 is 6.10 Å². The molecule has 2 aromatic carbocycles. The molecule has 2 aromatic rings. The fourth-order valence-electron chi connectivity index (χ4n) is 3.56. The van der Waals surface area contributed by atoms with Crippen molar-refractivity contribution in [2.75, 3.05) is 11.5 Å². The molecule has 0 saturated carbocycles. The van der Waals surface area contributed by atoms with Crippen LogP contribution in [0.15, 0.2) is 93.8 Å². The summed E-state index contributed by atoms with van der Waals surface area (Å²) >= 11 is 3.69. The Morgan fingerprint density at radius 3 is 1.96 bits per heavy atom. The van der Waals surface area contributed by atoms with Crippen molar-refractivity contribution in [2.24, 2.45) is 10.8 Å². The van der Waals surface area contributed by atoms with Gasteiger partial charge in [-0.2, -0.15) is 0 Å². The summed E-state index contributed by atoms with van der Waals surface area (Å²) in [4.78, 5) is 2.53. The molecule has 3 heteroatoms. The van der Waals surface area contributed by atoms with Crippen LogP contribution in [0.5, 0.6) is 0 Å². The van der Waals surface area contributed by atoms with Gasteiger partial charge in [-0.3, -0.25) is 0 Å². The first-order valence-corrected chi connectivity index (χ1v) is 11.7. The second kappa shape index (κ2) is 8.94. The molecule has 2 atom stereocenters. The molecule has 0 radical (unpaired) electrons. The lowest BCUT2D eigenvalue weighted by Gasteiger charge is -2.48.